The number of ether oxygens (including phenoxy) is 1. The first-order valence-electron chi connectivity index (χ1n) is 9.21. The molecule has 0 bridgehead atoms. The monoisotopic (exact) mass is 445 g/mol. The van der Waals surface area contributed by atoms with Crippen molar-refractivity contribution in [1.82, 2.24) is 0 Å². The SMILES string of the molecule is COc1ccc(NC(C)C(=O)Nc2ccc(C)cc2Br)cc1N1CCCC1=O. The lowest BCUT2D eigenvalue weighted by Crippen LogP contribution is -2.32. The van der Waals surface area contributed by atoms with Gasteiger partial charge < -0.3 is 20.3 Å². The van der Waals surface area contributed by atoms with Crippen molar-refractivity contribution in [3.63, 3.8) is 0 Å². The molecule has 148 valence electrons. The molecule has 1 saturated heterocycles. The Hall–Kier alpha value is -2.54. The molecule has 7 heteroatoms. The number of hydrogen-bond donors (Lipinski definition) is 2. The van der Waals surface area contributed by atoms with E-state index < -0.39 is 6.04 Å². The number of nitrogens with one attached hydrogen (secondary N) is 2. The predicted molar refractivity (Wildman–Crippen MR) is 115 cm³/mol. The normalized spacial score (nSPS) is 14.7. The lowest BCUT2D eigenvalue weighted by molar-refractivity contribution is -0.117. The van der Waals surface area contributed by atoms with Crippen LogP contribution in [0.15, 0.2) is 40.9 Å². The average Bonchev–Trinajstić information content (AvgIpc) is 3.09. The van der Waals surface area contributed by atoms with Crippen LogP contribution >= 0.6 is 15.9 Å². The number of nitrogens with zero attached hydrogens (tertiary/aromatic N) is 1. The van der Waals surface area contributed by atoms with Gasteiger partial charge in [-0.2, -0.15) is 0 Å². The van der Waals surface area contributed by atoms with Gasteiger partial charge in [0.05, 0.1) is 18.5 Å². The molecule has 0 radical (unpaired) electrons. The van der Waals surface area contributed by atoms with E-state index in [2.05, 4.69) is 26.6 Å². The van der Waals surface area contributed by atoms with Gasteiger partial charge in [0.15, 0.2) is 0 Å². The van der Waals surface area contributed by atoms with Crippen molar-refractivity contribution < 1.29 is 14.3 Å². The molecule has 0 spiro atoms. The topological polar surface area (TPSA) is 70.7 Å². The Kier molecular flexibility index (Phi) is 6.24. The lowest BCUT2D eigenvalue weighted by Gasteiger charge is -2.21. The molecule has 1 heterocycles. The fourth-order valence-corrected chi connectivity index (χ4v) is 3.76. The second-order valence-electron chi connectivity index (χ2n) is 6.87. The minimum absolute atomic E-state index is 0.0884. The zero-order valence-corrected chi connectivity index (χ0v) is 17.8. The summed E-state index contributed by atoms with van der Waals surface area (Å²) in [5, 5.41) is 6.12. The summed E-state index contributed by atoms with van der Waals surface area (Å²) in [4.78, 5) is 26.4. The van der Waals surface area contributed by atoms with Crippen molar-refractivity contribution in [2.45, 2.75) is 32.7 Å². The third-order valence-corrected chi connectivity index (χ3v) is 5.36. The highest BCUT2D eigenvalue weighted by atomic mass is 79.9. The molecule has 3 rings (SSSR count). The Morgan fingerprint density at radius 3 is 2.68 bits per heavy atom. The highest BCUT2D eigenvalue weighted by Crippen LogP contribution is 2.34. The molecule has 2 aromatic rings. The molecule has 28 heavy (non-hydrogen) atoms. The first-order valence-corrected chi connectivity index (χ1v) is 10.0. The zero-order valence-electron chi connectivity index (χ0n) is 16.2. The second-order valence-corrected chi connectivity index (χ2v) is 7.73. The summed E-state index contributed by atoms with van der Waals surface area (Å²) >= 11 is 3.47. The molecule has 0 saturated carbocycles. The van der Waals surface area contributed by atoms with Crippen molar-refractivity contribution in [2.75, 3.05) is 29.2 Å². The van der Waals surface area contributed by atoms with Crippen molar-refractivity contribution >= 4 is 44.8 Å². The van der Waals surface area contributed by atoms with Gasteiger partial charge in [-0.15, -0.1) is 0 Å². The number of carbonyl (C=O) groups excluding carboxylic acids is 2. The number of carbonyl (C=O) groups is 2. The molecular formula is C21H24BrN3O3. The summed E-state index contributed by atoms with van der Waals surface area (Å²) in [6, 6.07) is 10.8. The minimum Gasteiger partial charge on any atom is -0.495 e. The van der Waals surface area contributed by atoms with E-state index in [0.29, 0.717) is 18.7 Å². The molecule has 1 aliphatic rings. The standard InChI is InChI=1S/C21H24BrN3O3/c1-13-6-8-17(16(22)11-13)24-21(27)14(2)23-15-7-9-19(28-3)18(12-15)25-10-4-5-20(25)26/h6-9,11-12,14,23H,4-5,10H2,1-3H3,(H,24,27). The Bertz CT molecular complexity index is 900. The van der Waals surface area contributed by atoms with E-state index in [-0.39, 0.29) is 11.8 Å². The van der Waals surface area contributed by atoms with Gasteiger partial charge in [-0.1, -0.05) is 6.07 Å². The summed E-state index contributed by atoms with van der Waals surface area (Å²) in [6.45, 7) is 4.46. The van der Waals surface area contributed by atoms with E-state index in [0.717, 1.165) is 33.5 Å². The smallest absolute Gasteiger partial charge is 0.246 e. The number of anilines is 3. The number of hydrogen-bond acceptors (Lipinski definition) is 4. The van der Waals surface area contributed by atoms with Crippen molar-refractivity contribution in [3.05, 3.63) is 46.4 Å². The molecule has 1 unspecified atom stereocenters. The largest absolute Gasteiger partial charge is 0.495 e. The van der Waals surface area contributed by atoms with Crippen LogP contribution in [0.1, 0.15) is 25.3 Å². The van der Waals surface area contributed by atoms with Crippen LogP contribution in [0.3, 0.4) is 0 Å². The maximum Gasteiger partial charge on any atom is 0.246 e. The number of aryl methyl sites for hydroxylation is 1. The molecule has 1 aliphatic heterocycles. The van der Waals surface area contributed by atoms with Crippen molar-refractivity contribution in [1.29, 1.82) is 0 Å². The molecule has 2 aromatic carbocycles. The maximum atomic E-state index is 12.6. The zero-order chi connectivity index (χ0) is 20.3. The summed E-state index contributed by atoms with van der Waals surface area (Å²) in [5.41, 5.74) is 3.31. The lowest BCUT2D eigenvalue weighted by atomic mass is 10.2. The van der Waals surface area contributed by atoms with Crippen LogP contribution in [0, 0.1) is 6.92 Å². The molecule has 2 amide bonds. The van der Waals surface area contributed by atoms with Gasteiger partial charge in [0.1, 0.15) is 11.8 Å². The van der Waals surface area contributed by atoms with E-state index in [1.165, 1.54) is 0 Å². The molecule has 1 atom stereocenters. The van der Waals surface area contributed by atoms with Crippen LogP contribution in [0.4, 0.5) is 17.1 Å². The molecule has 6 nitrogen and oxygen atoms in total. The Balaban J connectivity index is 1.73. The van der Waals surface area contributed by atoms with E-state index in [1.54, 1.807) is 18.9 Å². The molecule has 1 fully saturated rings. The van der Waals surface area contributed by atoms with Crippen LogP contribution < -0.4 is 20.3 Å². The first-order chi connectivity index (χ1) is 13.4. The number of amides is 2. The number of benzene rings is 2. The molecule has 2 N–H and O–H groups in total. The third kappa shape index (κ3) is 4.47. The van der Waals surface area contributed by atoms with Gasteiger partial charge in [-0.25, -0.2) is 0 Å². The van der Waals surface area contributed by atoms with E-state index in [9.17, 15) is 9.59 Å². The van der Waals surface area contributed by atoms with E-state index in [4.69, 9.17) is 4.74 Å². The highest BCUT2D eigenvalue weighted by molar-refractivity contribution is 9.10. The third-order valence-electron chi connectivity index (χ3n) is 4.70. The molecule has 0 aliphatic carbocycles. The number of halogens is 1. The van der Waals surface area contributed by atoms with E-state index >= 15 is 0 Å². The first kappa shape index (κ1) is 20.2. The summed E-state index contributed by atoms with van der Waals surface area (Å²) in [5.74, 6) is 0.575. The van der Waals surface area contributed by atoms with Gasteiger partial charge in [0.25, 0.3) is 0 Å². The minimum atomic E-state index is -0.469. The van der Waals surface area contributed by atoms with E-state index in [1.807, 2.05) is 43.3 Å². The summed E-state index contributed by atoms with van der Waals surface area (Å²) in [6.07, 6.45) is 1.38. The van der Waals surface area contributed by atoms with Gasteiger partial charge in [0, 0.05) is 23.1 Å². The Labute approximate surface area is 173 Å². The maximum absolute atomic E-state index is 12.6. The van der Waals surface area contributed by atoms with Crippen LogP contribution in [-0.2, 0) is 9.59 Å². The molecule has 0 aromatic heterocycles. The fourth-order valence-electron chi connectivity index (χ4n) is 3.17. The average molecular weight is 446 g/mol. The van der Waals surface area contributed by atoms with Crippen LogP contribution in [0.25, 0.3) is 0 Å². The Morgan fingerprint density at radius 2 is 2.04 bits per heavy atom. The van der Waals surface area contributed by atoms with Crippen LogP contribution in [0.5, 0.6) is 5.75 Å². The van der Waals surface area contributed by atoms with Crippen molar-refractivity contribution in [2.24, 2.45) is 0 Å². The van der Waals surface area contributed by atoms with Gasteiger partial charge in [-0.3, -0.25) is 9.59 Å². The number of methoxy groups -OCH3 is 1. The van der Waals surface area contributed by atoms with Gasteiger partial charge in [0.2, 0.25) is 11.8 Å². The number of rotatable bonds is 6. The molecular weight excluding hydrogens is 422 g/mol. The fraction of sp³-hybridized carbons (Fsp3) is 0.333. The quantitative estimate of drug-likeness (QED) is 0.693. The second kappa shape index (κ2) is 8.65. The van der Waals surface area contributed by atoms with Gasteiger partial charge in [-0.05, 0) is 72.1 Å². The highest BCUT2D eigenvalue weighted by Gasteiger charge is 2.25. The van der Waals surface area contributed by atoms with Crippen LogP contribution in [-0.4, -0.2) is 31.5 Å². The predicted octanol–water partition coefficient (Wildman–Crippen LogP) is 4.33. The Morgan fingerprint density at radius 1 is 1.25 bits per heavy atom. The van der Waals surface area contributed by atoms with Crippen molar-refractivity contribution in [3.8, 4) is 5.75 Å². The summed E-state index contributed by atoms with van der Waals surface area (Å²) in [7, 11) is 1.59. The summed E-state index contributed by atoms with van der Waals surface area (Å²) < 4.78 is 6.25. The van der Waals surface area contributed by atoms with Gasteiger partial charge >= 0.3 is 0 Å². The van der Waals surface area contributed by atoms with Crippen LogP contribution in [0.2, 0.25) is 0 Å².